The average Bonchev–Trinajstić information content (AvgIpc) is 2.37. The zero-order chi connectivity index (χ0) is 13.0. The molecular formula is C14H20N2O2. The number of hydrogen-bond donors (Lipinski definition) is 1. The van der Waals surface area contributed by atoms with Crippen molar-refractivity contribution < 1.29 is 4.92 Å². The lowest BCUT2D eigenvalue weighted by molar-refractivity contribution is -0.384. The number of aryl methyl sites for hydroxylation is 1. The van der Waals surface area contributed by atoms with Crippen LogP contribution in [-0.4, -0.2) is 17.5 Å². The van der Waals surface area contributed by atoms with Crippen molar-refractivity contribution in [3.8, 4) is 0 Å². The van der Waals surface area contributed by atoms with Crippen LogP contribution >= 0.6 is 0 Å². The fraction of sp³-hybridized carbons (Fsp3) is 0.571. The number of rotatable bonds is 4. The molecule has 0 radical (unpaired) electrons. The standard InChI is InChI=1S/C14H20N2O2/c1-11-7-8-15-13(9-11)6-5-12-3-2-4-14(10-12)16(17)18/h2-4,10-11,13,15H,5-9H2,1H3. The minimum Gasteiger partial charge on any atom is -0.314 e. The van der Waals surface area contributed by atoms with Gasteiger partial charge in [-0.2, -0.15) is 0 Å². The highest BCUT2D eigenvalue weighted by atomic mass is 16.6. The Morgan fingerprint density at radius 2 is 2.33 bits per heavy atom. The summed E-state index contributed by atoms with van der Waals surface area (Å²) in [5.41, 5.74) is 1.25. The van der Waals surface area contributed by atoms with Crippen LogP contribution in [0.2, 0.25) is 0 Å². The summed E-state index contributed by atoms with van der Waals surface area (Å²) < 4.78 is 0. The molecule has 0 amide bonds. The van der Waals surface area contributed by atoms with Gasteiger partial charge in [0.05, 0.1) is 4.92 Å². The second-order valence-corrected chi connectivity index (χ2v) is 5.25. The highest BCUT2D eigenvalue weighted by molar-refractivity contribution is 5.34. The predicted octanol–water partition coefficient (Wildman–Crippen LogP) is 2.92. The average molecular weight is 248 g/mol. The van der Waals surface area contributed by atoms with E-state index in [1.165, 1.54) is 12.8 Å². The summed E-state index contributed by atoms with van der Waals surface area (Å²) in [7, 11) is 0. The molecule has 2 atom stereocenters. The minimum atomic E-state index is -0.329. The van der Waals surface area contributed by atoms with Gasteiger partial charge in [0, 0.05) is 18.2 Å². The molecule has 0 saturated carbocycles. The lowest BCUT2D eigenvalue weighted by Crippen LogP contribution is -2.37. The van der Waals surface area contributed by atoms with Crippen LogP contribution < -0.4 is 5.32 Å². The van der Waals surface area contributed by atoms with E-state index >= 15 is 0 Å². The molecule has 0 spiro atoms. The number of non-ortho nitro benzene ring substituents is 1. The van der Waals surface area contributed by atoms with E-state index in [9.17, 15) is 10.1 Å². The molecule has 4 heteroatoms. The number of nitrogens with zero attached hydrogens (tertiary/aromatic N) is 1. The van der Waals surface area contributed by atoms with Gasteiger partial charge in [0.1, 0.15) is 0 Å². The van der Waals surface area contributed by atoms with Gasteiger partial charge in [-0.3, -0.25) is 10.1 Å². The van der Waals surface area contributed by atoms with Crippen LogP contribution in [-0.2, 0) is 6.42 Å². The third-order valence-electron chi connectivity index (χ3n) is 3.66. The van der Waals surface area contributed by atoms with E-state index in [0.29, 0.717) is 6.04 Å². The molecule has 4 nitrogen and oxygen atoms in total. The van der Waals surface area contributed by atoms with E-state index in [2.05, 4.69) is 12.2 Å². The summed E-state index contributed by atoms with van der Waals surface area (Å²) in [6.45, 7) is 3.39. The molecule has 1 saturated heterocycles. The first kappa shape index (κ1) is 13.0. The number of benzene rings is 1. The molecule has 1 aliphatic heterocycles. The van der Waals surface area contributed by atoms with Crippen molar-refractivity contribution in [1.82, 2.24) is 5.32 Å². The van der Waals surface area contributed by atoms with E-state index in [0.717, 1.165) is 30.9 Å². The monoisotopic (exact) mass is 248 g/mol. The Kier molecular flexibility index (Phi) is 4.31. The smallest absolute Gasteiger partial charge is 0.269 e. The highest BCUT2D eigenvalue weighted by Gasteiger charge is 2.18. The van der Waals surface area contributed by atoms with E-state index in [1.54, 1.807) is 18.2 Å². The van der Waals surface area contributed by atoms with E-state index in [-0.39, 0.29) is 10.6 Å². The maximum atomic E-state index is 10.7. The second-order valence-electron chi connectivity index (χ2n) is 5.25. The molecule has 1 heterocycles. The van der Waals surface area contributed by atoms with Gasteiger partial charge >= 0.3 is 0 Å². The van der Waals surface area contributed by atoms with Crippen LogP contribution in [0.3, 0.4) is 0 Å². The molecule has 1 fully saturated rings. The van der Waals surface area contributed by atoms with Crippen LogP contribution in [0.15, 0.2) is 24.3 Å². The molecule has 1 N–H and O–H groups in total. The topological polar surface area (TPSA) is 55.2 Å². The second kappa shape index (κ2) is 5.96. The van der Waals surface area contributed by atoms with Gasteiger partial charge in [0.25, 0.3) is 5.69 Å². The quantitative estimate of drug-likeness (QED) is 0.658. The van der Waals surface area contributed by atoms with Crippen molar-refractivity contribution >= 4 is 5.69 Å². The maximum Gasteiger partial charge on any atom is 0.269 e. The fourth-order valence-electron chi connectivity index (χ4n) is 2.61. The number of nitro groups is 1. The molecule has 1 aromatic rings. The molecule has 18 heavy (non-hydrogen) atoms. The summed E-state index contributed by atoms with van der Waals surface area (Å²) in [6.07, 6.45) is 4.44. The van der Waals surface area contributed by atoms with Crippen molar-refractivity contribution in [2.75, 3.05) is 6.54 Å². The van der Waals surface area contributed by atoms with E-state index in [1.807, 2.05) is 6.07 Å². The van der Waals surface area contributed by atoms with Crippen LogP contribution in [0.4, 0.5) is 5.69 Å². The van der Waals surface area contributed by atoms with Crippen molar-refractivity contribution in [3.63, 3.8) is 0 Å². The third kappa shape index (κ3) is 3.53. The van der Waals surface area contributed by atoms with Gasteiger partial charge in [-0.05, 0) is 43.7 Å². The summed E-state index contributed by atoms with van der Waals surface area (Å²) in [4.78, 5) is 10.4. The third-order valence-corrected chi connectivity index (χ3v) is 3.66. The molecular weight excluding hydrogens is 228 g/mol. The Bertz CT molecular complexity index is 420. The predicted molar refractivity (Wildman–Crippen MR) is 71.6 cm³/mol. The van der Waals surface area contributed by atoms with Crippen LogP contribution in [0.1, 0.15) is 31.7 Å². The highest BCUT2D eigenvalue weighted by Crippen LogP contribution is 2.20. The van der Waals surface area contributed by atoms with Crippen molar-refractivity contribution in [3.05, 3.63) is 39.9 Å². The molecule has 2 rings (SSSR count). The molecule has 0 bridgehead atoms. The first-order valence-electron chi connectivity index (χ1n) is 6.62. The summed E-state index contributed by atoms with van der Waals surface area (Å²) >= 11 is 0. The first-order valence-corrected chi connectivity index (χ1v) is 6.62. The Balaban J connectivity index is 1.89. The maximum absolute atomic E-state index is 10.7. The van der Waals surface area contributed by atoms with Gasteiger partial charge in [0.2, 0.25) is 0 Å². The summed E-state index contributed by atoms with van der Waals surface area (Å²) in [5.74, 6) is 0.793. The Morgan fingerprint density at radius 1 is 1.50 bits per heavy atom. The number of nitrogens with one attached hydrogen (secondary N) is 1. The minimum absolute atomic E-state index is 0.192. The zero-order valence-electron chi connectivity index (χ0n) is 10.8. The van der Waals surface area contributed by atoms with Gasteiger partial charge in [-0.15, -0.1) is 0 Å². The van der Waals surface area contributed by atoms with Crippen LogP contribution in [0.5, 0.6) is 0 Å². The van der Waals surface area contributed by atoms with Crippen molar-refractivity contribution in [2.24, 2.45) is 5.92 Å². The molecule has 98 valence electrons. The Labute approximate surface area is 108 Å². The summed E-state index contributed by atoms with van der Waals surface area (Å²) in [5, 5.41) is 14.2. The van der Waals surface area contributed by atoms with Gasteiger partial charge in [0.15, 0.2) is 0 Å². The zero-order valence-corrected chi connectivity index (χ0v) is 10.8. The molecule has 1 aliphatic rings. The fourth-order valence-corrected chi connectivity index (χ4v) is 2.61. The van der Waals surface area contributed by atoms with Gasteiger partial charge < -0.3 is 5.32 Å². The van der Waals surface area contributed by atoms with E-state index in [4.69, 9.17) is 0 Å². The first-order chi connectivity index (χ1) is 8.65. The molecule has 0 aliphatic carbocycles. The van der Waals surface area contributed by atoms with Crippen molar-refractivity contribution in [1.29, 1.82) is 0 Å². The number of hydrogen-bond acceptors (Lipinski definition) is 3. The molecule has 2 unspecified atom stereocenters. The lowest BCUT2D eigenvalue weighted by atomic mass is 9.91. The largest absolute Gasteiger partial charge is 0.314 e. The molecule has 1 aromatic carbocycles. The normalized spacial score (nSPS) is 23.8. The number of nitro benzene ring substituents is 1. The summed E-state index contributed by atoms with van der Waals surface area (Å²) in [6, 6.07) is 7.54. The van der Waals surface area contributed by atoms with Gasteiger partial charge in [-0.1, -0.05) is 19.1 Å². The lowest BCUT2D eigenvalue weighted by Gasteiger charge is -2.28. The Hall–Kier alpha value is -1.42. The van der Waals surface area contributed by atoms with Crippen LogP contribution in [0.25, 0.3) is 0 Å². The van der Waals surface area contributed by atoms with Gasteiger partial charge in [-0.25, -0.2) is 0 Å². The van der Waals surface area contributed by atoms with Crippen LogP contribution in [0, 0.1) is 16.0 Å². The van der Waals surface area contributed by atoms with E-state index < -0.39 is 0 Å². The molecule has 0 aromatic heterocycles. The SMILES string of the molecule is CC1CCNC(CCc2cccc([N+](=O)[O-])c2)C1. The number of piperidine rings is 1. The Morgan fingerprint density at radius 3 is 3.06 bits per heavy atom. The van der Waals surface area contributed by atoms with Crippen molar-refractivity contribution in [2.45, 2.75) is 38.6 Å².